The maximum Gasteiger partial charge on any atom is 0.338 e. The van der Waals surface area contributed by atoms with Gasteiger partial charge in [-0.1, -0.05) is 0 Å². The summed E-state index contributed by atoms with van der Waals surface area (Å²) in [6.07, 6.45) is 1.49. The standard InChI is InChI=1S/C12H12FN5O3/c1-18-6-15-17-10(18)5-14-12(21)16-7-2-3-9(13)8(4-7)11(19)20/h2-4,6H,5H2,1H3,(H,19,20)(H2,14,16,21). The normalized spacial score (nSPS) is 10.2. The molecule has 0 radical (unpaired) electrons. The summed E-state index contributed by atoms with van der Waals surface area (Å²) in [5, 5.41) is 21.2. The molecule has 0 atom stereocenters. The van der Waals surface area contributed by atoms with E-state index in [4.69, 9.17) is 5.11 Å². The van der Waals surface area contributed by atoms with Crippen LogP contribution in [0.3, 0.4) is 0 Å². The van der Waals surface area contributed by atoms with Gasteiger partial charge in [-0.15, -0.1) is 10.2 Å². The second-order valence-electron chi connectivity index (χ2n) is 4.17. The van der Waals surface area contributed by atoms with Crippen LogP contribution in [0.25, 0.3) is 0 Å². The minimum absolute atomic E-state index is 0.148. The van der Waals surface area contributed by atoms with Gasteiger partial charge < -0.3 is 20.3 Å². The second-order valence-corrected chi connectivity index (χ2v) is 4.17. The van der Waals surface area contributed by atoms with E-state index in [1.807, 2.05) is 0 Å². The van der Waals surface area contributed by atoms with Crippen molar-refractivity contribution in [2.75, 3.05) is 5.32 Å². The van der Waals surface area contributed by atoms with Crippen molar-refractivity contribution in [3.8, 4) is 0 Å². The maximum absolute atomic E-state index is 13.2. The Balaban J connectivity index is 1.98. The lowest BCUT2D eigenvalue weighted by atomic mass is 10.2. The molecule has 0 saturated heterocycles. The predicted molar refractivity (Wildman–Crippen MR) is 70.2 cm³/mol. The van der Waals surface area contributed by atoms with Crippen LogP contribution in [-0.2, 0) is 13.6 Å². The van der Waals surface area contributed by atoms with E-state index in [0.29, 0.717) is 5.82 Å². The zero-order chi connectivity index (χ0) is 15.4. The molecule has 0 fully saturated rings. The summed E-state index contributed by atoms with van der Waals surface area (Å²) in [4.78, 5) is 22.5. The number of halogens is 1. The average Bonchev–Trinajstić information content (AvgIpc) is 2.84. The first-order valence-electron chi connectivity index (χ1n) is 5.88. The molecule has 1 aromatic carbocycles. The maximum atomic E-state index is 13.2. The van der Waals surface area contributed by atoms with Crippen molar-refractivity contribution < 1.29 is 19.1 Å². The van der Waals surface area contributed by atoms with Gasteiger partial charge in [0.2, 0.25) is 0 Å². The molecule has 2 rings (SSSR count). The molecule has 1 heterocycles. The molecule has 2 amide bonds. The van der Waals surface area contributed by atoms with Crippen LogP contribution in [0.1, 0.15) is 16.2 Å². The highest BCUT2D eigenvalue weighted by Crippen LogP contribution is 2.14. The number of aromatic carboxylic acids is 1. The van der Waals surface area contributed by atoms with Crippen molar-refractivity contribution in [1.82, 2.24) is 20.1 Å². The molecular weight excluding hydrogens is 281 g/mol. The summed E-state index contributed by atoms with van der Waals surface area (Å²) >= 11 is 0. The molecule has 21 heavy (non-hydrogen) atoms. The van der Waals surface area contributed by atoms with E-state index in [-0.39, 0.29) is 12.2 Å². The Hall–Kier alpha value is -2.97. The first kappa shape index (κ1) is 14.4. The zero-order valence-electron chi connectivity index (χ0n) is 11.0. The number of urea groups is 1. The van der Waals surface area contributed by atoms with Gasteiger partial charge >= 0.3 is 12.0 Å². The number of carbonyl (C=O) groups is 2. The fourth-order valence-corrected chi connectivity index (χ4v) is 1.57. The molecule has 1 aromatic heterocycles. The molecule has 8 nitrogen and oxygen atoms in total. The number of hydrogen-bond acceptors (Lipinski definition) is 4. The number of hydrogen-bond donors (Lipinski definition) is 3. The van der Waals surface area contributed by atoms with Gasteiger partial charge in [0.15, 0.2) is 5.82 Å². The van der Waals surface area contributed by atoms with Crippen LogP contribution in [0.5, 0.6) is 0 Å². The van der Waals surface area contributed by atoms with Crippen LogP contribution in [0, 0.1) is 5.82 Å². The molecule has 0 aliphatic carbocycles. The van der Waals surface area contributed by atoms with E-state index >= 15 is 0 Å². The number of carboxylic acids is 1. The molecule has 0 unspecified atom stereocenters. The summed E-state index contributed by atoms with van der Waals surface area (Å²) in [5.41, 5.74) is -0.342. The summed E-state index contributed by atoms with van der Waals surface area (Å²) in [6.45, 7) is 0.148. The number of aromatic nitrogens is 3. The van der Waals surface area contributed by atoms with Crippen LogP contribution in [0.2, 0.25) is 0 Å². The van der Waals surface area contributed by atoms with Crippen LogP contribution >= 0.6 is 0 Å². The fraction of sp³-hybridized carbons (Fsp3) is 0.167. The zero-order valence-corrected chi connectivity index (χ0v) is 11.0. The van der Waals surface area contributed by atoms with Gasteiger partial charge in [0.05, 0.1) is 12.1 Å². The van der Waals surface area contributed by atoms with Crippen LogP contribution < -0.4 is 10.6 Å². The lowest BCUT2D eigenvalue weighted by Crippen LogP contribution is -2.29. The number of benzene rings is 1. The van der Waals surface area contributed by atoms with Gasteiger partial charge in [-0.2, -0.15) is 0 Å². The quantitative estimate of drug-likeness (QED) is 0.778. The molecular formula is C12H12FN5O3. The Kier molecular flexibility index (Phi) is 4.12. The Morgan fingerprint density at radius 3 is 2.81 bits per heavy atom. The van der Waals surface area contributed by atoms with E-state index in [1.54, 1.807) is 11.6 Å². The highest BCUT2D eigenvalue weighted by Gasteiger charge is 2.12. The Labute approximate surface area is 118 Å². The average molecular weight is 293 g/mol. The van der Waals surface area contributed by atoms with E-state index in [1.165, 1.54) is 12.4 Å². The lowest BCUT2D eigenvalue weighted by Gasteiger charge is -2.08. The number of aryl methyl sites for hydroxylation is 1. The van der Waals surface area contributed by atoms with Crippen molar-refractivity contribution in [3.05, 3.63) is 41.7 Å². The minimum atomic E-state index is -1.41. The predicted octanol–water partition coefficient (Wildman–Crippen LogP) is 0.974. The number of carboxylic acid groups (broad SMARTS) is 1. The molecule has 0 spiro atoms. The number of carbonyl (C=O) groups excluding carboxylic acids is 1. The van der Waals surface area contributed by atoms with Gasteiger partial charge in [0.1, 0.15) is 12.1 Å². The Morgan fingerprint density at radius 2 is 2.19 bits per heavy atom. The van der Waals surface area contributed by atoms with E-state index in [9.17, 15) is 14.0 Å². The highest BCUT2D eigenvalue weighted by molar-refractivity contribution is 5.93. The van der Waals surface area contributed by atoms with Gasteiger partial charge in [0.25, 0.3) is 0 Å². The van der Waals surface area contributed by atoms with Crippen molar-refractivity contribution in [2.45, 2.75) is 6.54 Å². The Bertz CT molecular complexity index is 685. The van der Waals surface area contributed by atoms with Crippen molar-refractivity contribution in [2.24, 2.45) is 7.05 Å². The van der Waals surface area contributed by atoms with Gasteiger partial charge in [0, 0.05) is 12.7 Å². The van der Waals surface area contributed by atoms with E-state index < -0.39 is 23.4 Å². The molecule has 2 aromatic rings. The van der Waals surface area contributed by atoms with Crippen LogP contribution in [0.4, 0.5) is 14.9 Å². The molecule has 0 saturated carbocycles. The first-order chi connectivity index (χ1) is 9.97. The van der Waals surface area contributed by atoms with Gasteiger partial charge in [-0.05, 0) is 18.2 Å². The number of amides is 2. The smallest absolute Gasteiger partial charge is 0.338 e. The van der Waals surface area contributed by atoms with E-state index in [0.717, 1.165) is 12.1 Å². The molecule has 3 N–H and O–H groups in total. The third kappa shape index (κ3) is 3.53. The van der Waals surface area contributed by atoms with Crippen LogP contribution in [-0.4, -0.2) is 31.9 Å². The second kappa shape index (κ2) is 5.99. The number of rotatable bonds is 4. The fourth-order valence-electron chi connectivity index (χ4n) is 1.57. The van der Waals surface area contributed by atoms with Crippen LogP contribution in [0.15, 0.2) is 24.5 Å². The summed E-state index contributed by atoms with van der Waals surface area (Å²) in [6, 6.07) is 2.71. The van der Waals surface area contributed by atoms with Crippen molar-refractivity contribution in [3.63, 3.8) is 0 Å². The SMILES string of the molecule is Cn1cnnc1CNC(=O)Nc1ccc(F)c(C(=O)O)c1. The summed E-state index contributed by atoms with van der Waals surface area (Å²) < 4.78 is 14.8. The largest absolute Gasteiger partial charge is 0.478 e. The number of nitrogens with one attached hydrogen (secondary N) is 2. The number of anilines is 1. The topological polar surface area (TPSA) is 109 Å². The first-order valence-corrected chi connectivity index (χ1v) is 5.88. The van der Waals surface area contributed by atoms with Crippen molar-refractivity contribution in [1.29, 1.82) is 0 Å². The number of nitrogens with zero attached hydrogens (tertiary/aromatic N) is 3. The highest BCUT2D eigenvalue weighted by atomic mass is 19.1. The Morgan fingerprint density at radius 1 is 1.43 bits per heavy atom. The summed E-state index contributed by atoms with van der Waals surface area (Å²) in [7, 11) is 1.73. The summed E-state index contributed by atoms with van der Waals surface area (Å²) in [5.74, 6) is -1.72. The molecule has 0 aliphatic heterocycles. The van der Waals surface area contributed by atoms with Gasteiger partial charge in [-0.3, -0.25) is 0 Å². The molecule has 9 heteroatoms. The van der Waals surface area contributed by atoms with Crippen molar-refractivity contribution >= 4 is 17.7 Å². The molecule has 0 aliphatic rings. The minimum Gasteiger partial charge on any atom is -0.478 e. The molecule has 110 valence electrons. The third-order valence-corrected chi connectivity index (χ3v) is 2.67. The molecule has 0 bridgehead atoms. The lowest BCUT2D eigenvalue weighted by molar-refractivity contribution is 0.0692. The van der Waals surface area contributed by atoms with E-state index in [2.05, 4.69) is 20.8 Å². The van der Waals surface area contributed by atoms with Gasteiger partial charge in [-0.25, -0.2) is 14.0 Å². The monoisotopic (exact) mass is 293 g/mol. The third-order valence-electron chi connectivity index (χ3n) is 2.67.